The number of benzene rings is 5. The molecule has 1 amide bonds. The first-order valence-electron chi connectivity index (χ1n) is 12.4. The lowest BCUT2D eigenvalue weighted by Gasteiger charge is -2.33. The van der Waals surface area contributed by atoms with E-state index < -0.39 is 0 Å². The lowest BCUT2D eigenvalue weighted by molar-refractivity contribution is -0.117. The van der Waals surface area contributed by atoms with Gasteiger partial charge in [0, 0.05) is 5.92 Å². The number of hydrogen-bond donors (Lipinski definition) is 0. The van der Waals surface area contributed by atoms with E-state index in [1.807, 2.05) is 4.90 Å². The van der Waals surface area contributed by atoms with Crippen LogP contribution in [0.1, 0.15) is 11.5 Å². The maximum atomic E-state index is 13.6. The average Bonchev–Trinajstić information content (AvgIpc) is 3.64. The lowest BCUT2D eigenvalue weighted by Crippen LogP contribution is -2.40. The molecular weight excluding hydrogens is 491 g/mol. The molecular formula is C33H21NOS2. The summed E-state index contributed by atoms with van der Waals surface area (Å²) in [6.07, 6.45) is 2.18. The number of thiophene rings is 1. The number of rotatable bonds is 2. The van der Waals surface area contributed by atoms with Crippen LogP contribution >= 0.6 is 23.1 Å². The summed E-state index contributed by atoms with van der Waals surface area (Å²) in [5.41, 5.74) is 4.45. The van der Waals surface area contributed by atoms with Crippen molar-refractivity contribution in [1.29, 1.82) is 0 Å². The SMILES string of the molecule is O=C1C2SC=CC2c2ccsc2N1c1cccc(-c2ccc3c4ccccc4c4ccccc4c3c2)c1. The summed E-state index contributed by atoms with van der Waals surface area (Å²) in [7, 11) is 0. The summed E-state index contributed by atoms with van der Waals surface area (Å²) in [4.78, 5) is 15.6. The van der Waals surface area contributed by atoms with Crippen molar-refractivity contribution in [2.45, 2.75) is 11.2 Å². The Hall–Kier alpha value is -3.86. The Morgan fingerprint density at radius 1 is 0.649 bits per heavy atom. The van der Waals surface area contributed by atoms with Crippen LogP contribution in [0.2, 0.25) is 0 Å². The van der Waals surface area contributed by atoms with E-state index in [2.05, 4.69) is 114 Å². The first-order chi connectivity index (χ1) is 18.3. The van der Waals surface area contributed by atoms with Crippen LogP contribution < -0.4 is 4.90 Å². The minimum atomic E-state index is -0.0777. The Morgan fingerprint density at radius 2 is 1.32 bits per heavy atom. The molecule has 1 aromatic heterocycles. The van der Waals surface area contributed by atoms with Gasteiger partial charge < -0.3 is 0 Å². The average molecular weight is 512 g/mol. The quantitative estimate of drug-likeness (QED) is 0.216. The minimum absolute atomic E-state index is 0.0777. The van der Waals surface area contributed by atoms with Gasteiger partial charge in [0.15, 0.2) is 0 Å². The molecule has 37 heavy (non-hydrogen) atoms. The molecule has 0 bridgehead atoms. The van der Waals surface area contributed by atoms with E-state index in [0.29, 0.717) is 0 Å². The number of carbonyl (C=O) groups is 1. The highest BCUT2D eigenvalue weighted by Crippen LogP contribution is 2.51. The van der Waals surface area contributed by atoms with Crippen LogP contribution in [0.5, 0.6) is 0 Å². The fourth-order valence-electron chi connectivity index (χ4n) is 6.01. The summed E-state index contributed by atoms with van der Waals surface area (Å²) in [6.45, 7) is 0. The standard InChI is InChI=1S/C33H21NOS2/c35-32-31-28(14-16-36-31)29-15-17-37-33(29)34(32)22-7-5-6-20(18-22)21-12-13-27-25-10-2-1-8-23(25)24-9-3-4-11-26(24)30(27)19-21/h1-19,28,31H. The van der Waals surface area contributed by atoms with E-state index in [1.54, 1.807) is 23.1 Å². The van der Waals surface area contributed by atoms with Gasteiger partial charge in [-0.05, 0) is 84.1 Å². The van der Waals surface area contributed by atoms with Gasteiger partial charge in [0.05, 0.1) is 10.9 Å². The van der Waals surface area contributed by atoms with Crippen molar-refractivity contribution in [3.8, 4) is 11.1 Å². The predicted octanol–water partition coefficient (Wildman–Crippen LogP) is 9.27. The van der Waals surface area contributed by atoms with E-state index in [9.17, 15) is 4.79 Å². The van der Waals surface area contributed by atoms with E-state index in [-0.39, 0.29) is 17.1 Å². The fourth-order valence-corrected chi connectivity index (χ4v) is 8.05. The highest BCUT2D eigenvalue weighted by atomic mass is 32.2. The van der Waals surface area contributed by atoms with Gasteiger partial charge in [-0.25, -0.2) is 0 Å². The third-order valence-corrected chi connectivity index (χ3v) is 9.74. The lowest BCUT2D eigenvalue weighted by atomic mass is 9.91. The van der Waals surface area contributed by atoms with Gasteiger partial charge in [-0.3, -0.25) is 9.69 Å². The Kier molecular flexibility index (Phi) is 4.63. The van der Waals surface area contributed by atoms with Crippen molar-refractivity contribution >= 4 is 72.0 Å². The van der Waals surface area contributed by atoms with Crippen molar-refractivity contribution < 1.29 is 4.79 Å². The first-order valence-corrected chi connectivity index (χ1v) is 14.3. The van der Waals surface area contributed by atoms with Crippen molar-refractivity contribution in [2.24, 2.45) is 0 Å². The molecule has 176 valence electrons. The maximum absolute atomic E-state index is 13.6. The second-order valence-electron chi connectivity index (χ2n) is 9.67. The molecule has 2 aliphatic heterocycles. The summed E-state index contributed by atoms with van der Waals surface area (Å²) in [5.74, 6) is 0.352. The largest absolute Gasteiger partial charge is 0.273 e. The number of nitrogens with zero attached hydrogens (tertiary/aromatic N) is 1. The van der Waals surface area contributed by atoms with Gasteiger partial charge in [-0.2, -0.15) is 0 Å². The normalized spacial score (nSPS) is 18.6. The number of fused-ring (bicyclic) bond motifs is 9. The summed E-state index contributed by atoms with van der Waals surface area (Å²) >= 11 is 3.29. The highest BCUT2D eigenvalue weighted by molar-refractivity contribution is 8.03. The van der Waals surface area contributed by atoms with Gasteiger partial charge in [0.25, 0.3) is 0 Å². The van der Waals surface area contributed by atoms with Crippen molar-refractivity contribution in [3.63, 3.8) is 0 Å². The maximum Gasteiger partial charge on any atom is 0.246 e. The Labute approximate surface area is 222 Å². The van der Waals surface area contributed by atoms with Gasteiger partial charge >= 0.3 is 0 Å². The minimum Gasteiger partial charge on any atom is -0.273 e. The molecule has 2 atom stereocenters. The van der Waals surface area contributed by atoms with Crippen molar-refractivity contribution in [2.75, 3.05) is 4.90 Å². The topological polar surface area (TPSA) is 20.3 Å². The monoisotopic (exact) mass is 511 g/mol. The molecule has 5 aromatic carbocycles. The molecule has 8 rings (SSSR count). The van der Waals surface area contributed by atoms with Gasteiger partial charge in [-0.15, -0.1) is 23.1 Å². The van der Waals surface area contributed by atoms with E-state index in [0.717, 1.165) is 21.8 Å². The third kappa shape index (κ3) is 3.09. The smallest absolute Gasteiger partial charge is 0.246 e. The van der Waals surface area contributed by atoms with E-state index >= 15 is 0 Å². The zero-order valence-electron chi connectivity index (χ0n) is 19.8. The zero-order valence-corrected chi connectivity index (χ0v) is 21.4. The first kappa shape index (κ1) is 21.2. The number of carbonyl (C=O) groups excluding carboxylic acids is 1. The molecule has 0 fully saturated rings. The Bertz CT molecular complexity index is 1880. The van der Waals surface area contributed by atoms with Crippen LogP contribution in [0.15, 0.2) is 114 Å². The molecule has 0 spiro atoms. The van der Waals surface area contributed by atoms with Crippen molar-refractivity contribution in [1.82, 2.24) is 0 Å². The number of thioether (sulfide) groups is 1. The molecule has 2 nitrogen and oxygen atoms in total. The van der Waals surface area contributed by atoms with E-state index in [1.165, 1.54) is 37.9 Å². The number of allylic oxidation sites excluding steroid dienone is 1. The van der Waals surface area contributed by atoms with Crippen LogP contribution in [-0.4, -0.2) is 11.2 Å². The molecule has 0 radical (unpaired) electrons. The molecule has 4 heteroatoms. The summed E-state index contributed by atoms with van der Waals surface area (Å²) in [6, 6.07) is 34.7. The molecule has 2 aliphatic rings. The molecule has 2 unspecified atom stereocenters. The fraction of sp³-hybridized carbons (Fsp3) is 0.0606. The number of amides is 1. The second-order valence-corrected chi connectivity index (χ2v) is 11.6. The molecule has 0 aliphatic carbocycles. The molecule has 0 N–H and O–H groups in total. The second kappa shape index (κ2) is 8.07. The van der Waals surface area contributed by atoms with Crippen LogP contribution in [0, 0.1) is 0 Å². The van der Waals surface area contributed by atoms with Gasteiger partial charge in [0.1, 0.15) is 5.00 Å². The van der Waals surface area contributed by atoms with Gasteiger partial charge in [0.2, 0.25) is 5.91 Å². The third-order valence-electron chi connectivity index (χ3n) is 7.72. The molecule has 3 heterocycles. The Balaban J connectivity index is 1.30. The van der Waals surface area contributed by atoms with Crippen LogP contribution in [-0.2, 0) is 4.79 Å². The molecule has 6 aromatic rings. The van der Waals surface area contributed by atoms with Crippen LogP contribution in [0.4, 0.5) is 10.7 Å². The highest BCUT2D eigenvalue weighted by Gasteiger charge is 2.42. The van der Waals surface area contributed by atoms with Crippen molar-refractivity contribution in [3.05, 3.63) is 119 Å². The van der Waals surface area contributed by atoms with Crippen LogP contribution in [0.25, 0.3) is 43.4 Å². The van der Waals surface area contributed by atoms with E-state index in [4.69, 9.17) is 0 Å². The molecule has 0 saturated heterocycles. The van der Waals surface area contributed by atoms with Crippen LogP contribution in [0.3, 0.4) is 0 Å². The Morgan fingerprint density at radius 3 is 2.08 bits per heavy atom. The predicted molar refractivity (Wildman–Crippen MR) is 159 cm³/mol. The zero-order chi connectivity index (χ0) is 24.5. The number of hydrogen-bond acceptors (Lipinski definition) is 3. The molecule has 0 saturated carbocycles. The summed E-state index contributed by atoms with van der Waals surface area (Å²) in [5, 5.41) is 12.8. The summed E-state index contributed by atoms with van der Waals surface area (Å²) < 4.78 is 0. The van der Waals surface area contributed by atoms with Gasteiger partial charge in [-0.1, -0.05) is 78.9 Å². The number of anilines is 2.